The Balaban J connectivity index is 1.78. The van der Waals surface area contributed by atoms with E-state index in [2.05, 4.69) is 15.4 Å². The van der Waals surface area contributed by atoms with Gasteiger partial charge in [-0.05, 0) is 44.2 Å². The number of carbonyl (C=O) groups is 2. The van der Waals surface area contributed by atoms with Crippen LogP contribution in [0, 0.1) is 17.0 Å². The fourth-order valence-electron chi connectivity index (χ4n) is 3.59. The number of nitrogens with two attached hydrogens (primary N) is 1. The van der Waals surface area contributed by atoms with E-state index in [4.69, 9.17) is 5.73 Å². The van der Waals surface area contributed by atoms with Crippen LogP contribution >= 0.6 is 11.3 Å². The van der Waals surface area contributed by atoms with Crippen molar-refractivity contribution in [1.29, 1.82) is 0 Å². The van der Waals surface area contributed by atoms with Crippen LogP contribution in [0.15, 0.2) is 12.3 Å². The highest BCUT2D eigenvalue weighted by Crippen LogP contribution is 2.48. The van der Waals surface area contributed by atoms with Gasteiger partial charge in [-0.3, -0.25) is 24.4 Å². The van der Waals surface area contributed by atoms with E-state index in [1.165, 1.54) is 24.6 Å². The summed E-state index contributed by atoms with van der Waals surface area (Å²) in [7, 11) is 0. The summed E-state index contributed by atoms with van der Waals surface area (Å²) in [4.78, 5) is 39.7. The molecule has 0 saturated heterocycles. The third kappa shape index (κ3) is 3.68. The number of fused-ring (bicyclic) bond motifs is 1. The number of alkyl halides is 2. The van der Waals surface area contributed by atoms with Crippen LogP contribution in [0.4, 0.5) is 20.2 Å². The maximum absolute atomic E-state index is 13.3. The molecule has 1 aliphatic carbocycles. The number of aromatic nitrogens is 3. The number of rotatable bonds is 7. The minimum Gasteiger partial charge on any atom is -0.365 e. The molecule has 1 unspecified atom stereocenters. The highest BCUT2D eigenvalue weighted by atomic mass is 32.1. The van der Waals surface area contributed by atoms with E-state index in [1.54, 1.807) is 0 Å². The monoisotopic (exact) mass is 464 g/mol. The highest BCUT2D eigenvalue weighted by molar-refractivity contribution is 7.21. The van der Waals surface area contributed by atoms with E-state index < -0.39 is 34.9 Å². The smallest absolute Gasteiger partial charge is 0.309 e. The second-order valence-electron chi connectivity index (χ2n) is 7.54. The summed E-state index contributed by atoms with van der Waals surface area (Å²) < 4.78 is 27.9. The number of anilines is 1. The second-order valence-corrected chi connectivity index (χ2v) is 8.54. The standard InChI is InChI=1S/C19H18F2N6O4S/c1-7-12(27(30)31)6-23-26(7)8(2)18(29)25-14-13-10(9-3-4-9)5-11(16(20)21)24-19(13)32-15(14)17(22)28/h5-6,8-9,16H,3-4H2,1-2H3,(H2,22,28)(H,25,29). The van der Waals surface area contributed by atoms with Crippen LogP contribution in [0.25, 0.3) is 10.2 Å². The molecule has 1 fully saturated rings. The van der Waals surface area contributed by atoms with Crippen LogP contribution in [-0.4, -0.2) is 31.5 Å². The van der Waals surface area contributed by atoms with Crippen molar-refractivity contribution in [3.05, 3.63) is 44.2 Å². The Morgan fingerprint density at radius 1 is 1.41 bits per heavy atom. The summed E-state index contributed by atoms with van der Waals surface area (Å²) in [5, 5.41) is 18.1. The molecular weight excluding hydrogens is 446 g/mol. The Hall–Kier alpha value is -3.48. The van der Waals surface area contributed by atoms with E-state index in [1.807, 2.05) is 0 Å². The average molecular weight is 464 g/mol. The predicted octanol–water partition coefficient (Wildman–Crippen LogP) is 3.82. The zero-order valence-electron chi connectivity index (χ0n) is 17.0. The van der Waals surface area contributed by atoms with Gasteiger partial charge in [0.05, 0.1) is 10.6 Å². The predicted molar refractivity (Wildman–Crippen MR) is 112 cm³/mol. The molecule has 3 heterocycles. The van der Waals surface area contributed by atoms with Crippen LogP contribution in [0.3, 0.4) is 0 Å². The summed E-state index contributed by atoms with van der Waals surface area (Å²) in [6, 6.07) is 0.347. The molecule has 3 N–H and O–H groups in total. The molecule has 13 heteroatoms. The molecular formula is C19H18F2N6O4S. The van der Waals surface area contributed by atoms with Gasteiger partial charge in [0, 0.05) is 5.39 Å². The van der Waals surface area contributed by atoms with Gasteiger partial charge in [0.25, 0.3) is 12.3 Å². The Bertz CT molecular complexity index is 1270. The SMILES string of the molecule is Cc1c([N+](=O)[O-])cnn1C(C)C(=O)Nc1c(C(N)=O)sc2nc(C(F)F)cc(C3CC3)c12. The third-order valence-electron chi connectivity index (χ3n) is 5.39. The lowest BCUT2D eigenvalue weighted by Gasteiger charge is -2.15. The van der Waals surface area contributed by atoms with Gasteiger partial charge in [-0.25, -0.2) is 13.8 Å². The third-order valence-corrected chi connectivity index (χ3v) is 6.49. The Morgan fingerprint density at radius 3 is 2.62 bits per heavy atom. The molecule has 2 amide bonds. The molecule has 4 rings (SSSR count). The van der Waals surface area contributed by atoms with Crippen LogP contribution in [0.2, 0.25) is 0 Å². The number of thiophene rings is 1. The normalized spacial score (nSPS) is 14.7. The van der Waals surface area contributed by atoms with Gasteiger partial charge < -0.3 is 11.1 Å². The summed E-state index contributed by atoms with van der Waals surface area (Å²) in [5.74, 6) is -1.41. The number of carbonyl (C=O) groups excluding carboxylic acids is 2. The minimum atomic E-state index is -2.78. The van der Waals surface area contributed by atoms with Gasteiger partial charge in [-0.1, -0.05) is 0 Å². The topological polar surface area (TPSA) is 146 Å². The highest BCUT2D eigenvalue weighted by Gasteiger charge is 2.32. The molecule has 168 valence electrons. The lowest BCUT2D eigenvalue weighted by molar-refractivity contribution is -0.385. The molecule has 3 aromatic heterocycles. The van der Waals surface area contributed by atoms with Gasteiger partial charge in [0.1, 0.15) is 33.3 Å². The molecule has 0 bridgehead atoms. The van der Waals surface area contributed by atoms with Crippen molar-refractivity contribution in [3.8, 4) is 0 Å². The molecule has 32 heavy (non-hydrogen) atoms. The molecule has 0 aliphatic heterocycles. The number of hydrogen-bond acceptors (Lipinski definition) is 7. The Morgan fingerprint density at radius 2 is 2.09 bits per heavy atom. The molecule has 0 radical (unpaired) electrons. The first kappa shape index (κ1) is 21.7. The van der Waals surface area contributed by atoms with Gasteiger partial charge >= 0.3 is 5.69 Å². The molecule has 10 nitrogen and oxygen atoms in total. The van der Waals surface area contributed by atoms with E-state index in [0.29, 0.717) is 10.9 Å². The number of pyridine rings is 1. The number of nitro groups is 1. The lowest BCUT2D eigenvalue weighted by Crippen LogP contribution is -2.26. The van der Waals surface area contributed by atoms with E-state index in [-0.39, 0.29) is 32.7 Å². The van der Waals surface area contributed by atoms with Crippen molar-refractivity contribution in [2.45, 2.75) is 45.1 Å². The fraction of sp³-hybridized carbons (Fsp3) is 0.368. The number of nitrogens with zero attached hydrogens (tertiary/aromatic N) is 4. The first-order valence-electron chi connectivity index (χ1n) is 9.64. The number of amides is 2. The maximum Gasteiger partial charge on any atom is 0.309 e. The number of primary amides is 1. The quantitative estimate of drug-likeness (QED) is 0.401. The summed E-state index contributed by atoms with van der Waals surface area (Å²) in [5.41, 5.74) is 5.75. The second kappa shape index (κ2) is 7.89. The van der Waals surface area contributed by atoms with Gasteiger partial charge in [0.2, 0.25) is 5.91 Å². The first-order chi connectivity index (χ1) is 15.1. The van der Waals surface area contributed by atoms with Crippen molar-refractivity contribution in [1.82, 2.24) is 14.8 Å². The minimum absolute atomic E-state index is 0.00969. The van der Waals surface area contributed by atoms with Gasteiger partial charge in [-0.15, -0.1) is 11.3 Å². The zero-order chi connectivity index (χ0) is 23.3. The average Bonchev–Trinajstić information content (AvgIpc) is 3.41. The van der Waals surface area contributed by atoms with E-state index >= 15 is 0 Å². The lowest BCUT2D eigenvalue weighted by atomic mass is 10.0. The van der Waals surface area contributed by atoms with Crippen molar-refractivity contribution in [2.24, 2.45) is 5.73 Å². The number of hydrogen-bond donors (Lipinski definition) is 2. The van der Waals surface area contributed by atoms with E-state index in [0.717, 1.165) is 30.4 Å². The van der Waals surface area contributed by atoms with Crippen molar-refractivity contribution in [3.63, 3.8) is 0 Å². The van der Waals surface area contributed by atoms with Crippen molar-refractivity contribution in [2.75, 3.05) is 5.32 Å². The van der Waals surface area contributed by atoms with Crippen molar-refractivity contribution >= 4 is 44.7 Å². The van der Waals surface area contributed by atoms with Gasteiger partial charge in [0.15, 0.2) is 0 Å². The number of halogens is 2. The molecule has 0 aromatic carbocycles. The van der Waals surface area contributed by atoms with Gasteiger partial charge in [-0.2, -0.15) is 5.10 Å². The summed E-state index contributed by atoms with van der Waals surface area (Å²) in [6.07, 6.45) is -0.144. The number of nitrogens with one attached hydrogen (secondary N) is 1. The zero-order valence-corrected chi connectivity index (χ0v) is 17.8. The molecule has 3 aromatic rings. The molecule has 1 aliphatic rings. The fourth-order valence-corrected chi connectivity index (χ4v) is 4.61. The summed E-state index contributed by atoms with van der Waals surface area (Å²) >= 11 is 0.838. The summed E-state index contributed by atoms with van der Waals surface area (Å²) in [6.45, 7) is 2.96. The largest absolute Gasteiger partial charge is 0.365 e. The Kier molecular flexibility index (Phi) is 5.36. The van der Waals surface area contributed by atoms with Crippen LogP contribution in [0.5, 0.6) is 0 Å². The van der Waals surface area contributed by atoms with Crippen LogP contribution in [-0.2, 0) is 4.79 Å². The van der Waals surface area contributed by atoms with Crippen LogP contribution in [0.1, 0.15) is 64.8 Å². The van der Waals surface area contributed by atoms with Crippen molar-refractivity contribution < 1.29 is 23.3 Å². The molecule has 0 spiro atoms. The molecule has 1 saturated carbocycles. The molecule has 1 atom stereocenters. The van der Waals surface area contributed by atoms with E-state index in [9.17, 15) is 28.5 Å². The maximum atomic E-state index is 13.3. The first-order valence-corrected chi connectivity index (χ1v) is 10.5. The van der Waals surface area contributed by atoms with Crippen LogP contribution < -0.4 is 11.1 Å². The Labute approximate surface area is 183 Å².